The summed E-state index contributed by atoms with van der Waals surface area (Å²) >= 11 is 0. The number of rotatable bonds is 5. The average Bonchev–Trinajstić information content (AvgIpc) is 2.57. The molecule has 26 heavy (non-hydrogen) atoms. The van der Waals surface area contributed by atoms with E-state index in [1.807, 2.05) is 24.3 Å². The largest absolute Gasteiger partial charge is 0.444 e. The summed E-state index contributed by atoms with van der Waals surface area (Å²) in [6.45, 7) is 5.77. The number of hydrogen-bond donors (Lipinski definition) is 1. The Morgan fingerprint density at radius 3 is 2.54 bits per heavy atom. The molecular formula is C19H21N3O4. The van der Waals surface area contributed by atoms with Gasteiger partial charge in [0, 0.05) is 6.54 Å². The zero-order chi connectivity index (χ0) is 19.2. The second-order valence-electron chi connectivity index (χ2n) is 6.60. The maximum absolute atomic E-state index is 11.6. The summed E-state index contributed by atoms with van der Waals surface area (Å²) in [5, 5.41) is 13.6. The molecule has 0 saturated carbocycles. The smallest absolute Gasteiger partial charge is 0.407 e. The minimum absolute atomic E-state index is 0.179. The SMILES string of the molecule is CC(C)(C)OC(=O)NCc1ccc(/C=C/c2cccnc2[N+](=O)[O-])cc1. The highest BCUT2D eigenvalue weighted by molar-refractivity contribution is 5.73. The minimum Gasteiger partial charge on any atom is -0.444 e. The van der Waals surface area contributed by atoms with E-state index in [0.29, 0.717) is 12.1 Å². The van der Waals surface area contributed by atoms with E-state index < -0.39 is 16.6 Å². The first-order valence-electron chi connectivity index (χ1n) is 8.08. The van der Waals surface area contributed by atoms with Crippen molar-refractivity contribution in [3.63, 3.8) is 0 Å². The number of hydrogen-bond acceptors (Lipinski definition) is 5. The van der Waals surface area contributed by atoms with Crippen molar-refractivity contribution in [2.45, 2.75) is 32.9 Å². The molecule has 0 atom stereocenters. The maximum Gasteiger partial charge on any atom is 0.407 e. The molecule has 0 radical (unpaired) electrons. The van der Waals surface area contributed by atoms with Gasteiger partial charge in [0.1, 0.15) is 11.8 Å². The highest BCUT2D eigenvalue weighted by atomic mass is 16.6. The van der Waals surface area contributed by atoms with Crippen LogP contribution < -0.4 is 5.32 Å². The minimum atomic E-state index is -0.534. The van der Waals surface area contributed by atoms with Crippen LogP contribution in [-0.2, 0) is 11.3 Å². The lowest BCUT2D eigenvalue weighted by atomic mass is 10.1. The molecule has 7 heteroatoms. The van der Waals surface area contributed by atoms with Crippen molar-refractivity contribution in [3.8, 4) is 0 Å². The molecule has 0 fully saturated rings. The Morgan fingerprint density at radius 1 is 1.23 bits per heavy atom. The molecule has 0 aliphatic rings. The first-order valence-corrected chi connectivity index (χ1v) is 8.08. The van der Waals surface area contributed by atoms with Crippen LogP contribution in [0, 0.1) is 10.1 Å². The first kappa shape index (κ1) is 19.1. The van der Waals surface area contributed by atoms with Gasteiger partial charge in [0.2, 0.25) is 0 Å². The second kappa shape index (κ2) is 8.24. The van der Waals surface area contributed by atoms with Gasteiger partial charge in [-0.1, -0.05) is 30.3 Å². The quantitative estimate of drug-likeness (QED) is 0.641. The van der Waals surface area contributed by atoms with E-state index >= 15 is 0 Å². The normalized spacial score (nSPS) is 11.3. The number of aromatic nitrogens is 1. The summed E-state index contributed by atoms with van der Waals surface area (Å²) in [4.78, 5) is 25.9. The summed E-state index contributed by atoms with van der Waals surface area (Å²) in [5.41, 5.74) is 1.70. The van der Waals surface area contributed by atoms with E-state index in [1.54, 1.807) is 45.1 Å². The number of nitrogens with one attached hydrogen (secondary N) is 1. The van der Waals surface area contributed by atoms with E-state index in [2.05, 4.69) is 10.3 Å². The first-order chi connectivity index (χ1) is 12.2. The monoisotopic (exact) mass is 355 g/mol. The number of benzene rings is 1. The van der Waals surface area contributed by atoms with Crippen molar-refractivity contribution < 1.29 is 14.5 Å². The van der Waals surface area contributed by atoms with Crippen LogP contribution in [0.1, 0.15) is 37.5 Å². The van der Waals surface area contributed by atoms with Crippen molar-refractivity contribution >= 4 is 24.1 Å². The number of carbonyl (C=O) groups is 1. The number of ether oxygens (including phenoxy) is 1. The Balaban J connectivity index is 1.98. The maximum atomic E-state index is 11.6. The molecule has 1 aromatic heterocycles. The van der Waals surface area contributed by atoms with E-state index in [9.17, 15) is 14.9 Å². The fourth-order valence-corrected chi connectivity index (χ4v) is 2.11. The van der Waals surface area contributed by atoms with Gasteiger partial charge in [-0.25, -0.2) is 4.79 Å². The Labute approximate surface area is 151 Å². The number of nitrogens with zero attached hydrogens (tertiary/aromatic N) is 2. The van der Waals surface area contributed by atoms with Crippen LogP contribution in [0.25, 0.3) is 12.2 Å². The number of nitro groups is 1. The predicted octanol–water partition coefficient (Wildman–Crippen LogP) is 4.18. The molecule has 1 aromatic carbocycles. The van der Waals surface area contributed by atoms with Crippen molar-refractivity contribution in [2.24, 2.45) is 0 Å². The van der Waals surface area contributed by atoms with Crippen LogP contribution in [0.4, 0.5) is 10.6 Å². The Bertz CT molecular complexity index is 808. The van der Waals surface area contributed by atoms with E-state index in [1.165, 1.54) is 6.20 Å². The highest BCUT2D eigenvalue weighted by Gasteiger charge is 2.15. The molecule has 1 amide bonds. The number of amides is 1. The lowest BCUT2D eigenvalue weighted by Gasteiger charge is -2.19. The van der Waals surface area contributed by atoms with Gasteiger partial charge in [0.25, 0.3) is 0 Å². The van der Waals surface area contributed by atoms with Crippen LogP contribution in [0.5, 0.6) is 0 Å². The van der Waals surface area contributed by atoms with Gasteiger partial charge in [0.15, 0.2) is 0 Å². The standard InChI is InChI=1S/C19H21N3O4/c1-19(2,3)26-18(23)21-13-15-8-6-14(7-9-15)10-11-16-5-4-12-20-17(16)22(24)25/h4-12H,13H2,1-3H3,(H,21,23)/b11-10+. The molecule has 2 rings (SSSR count). The van der Waals surface area contributed by atoms with Crippen molar-refractivity contribution in [1.82, 2.24) is 10.3 Å². The van der Waals surface area contributed by atoms with Gasteiger partial charge in [-0.3, -0.25) is 0 Å². The fourth-order valence-electron chi connectivity index (χ4n) is 2.11. The predicted molar refractivity (Wildman–Crippen MR) is 99.3 cm³/mol. The molecular weight excluding hydrogens is 334 g/mol. The molecule has 7 nitrogen and oxygen atoms in total. The molecule has 136 valence electrons. The van der Waals surface area contributed by atoms with Crippen LogP contribution in [0.2, 0.25) is 0 Å². The van der Waals surface area contributed by atoms with Gasteiger partial charge in [-0.2, -0.15) is 0 Å². The van der Waals surface area contributed by atoms with Crippen LogP contribution >= 0.6 is 0 Å². The zero-order valence-corrected chi connectivity index (χ0v) is 14.9. The lowest BCUT2D eigenvalue weighted by Crippen LogP contribution is -2.32. The van der Waals surface area contributed by atoms with Gasteiger partial charge >= 0.3 is 11.9 Å². The molecule has 0 aliphatic heterocycles. The van der Waals surface area contributed by atoms with Gasteiger partial charge < -0.3 is 20.2 Å². The number of pyridine rings is 1. The molecule has 2 aromatic rings. The molecule has 1 heterocycles. The lowest BCUT2D eigenvalue weighted by molar-refractivity contribution is -0.389. The molecule has 0 unspecified atom stereocenters. The average molecular weight is 355 g/mol. The highest BCUT2D eigenvalue weighted by Crippen LogP contribution is 2.17. The fraction of sp³-hybridized carbons (Fsp3) is 0.263. The van der Waals surface area contributed by atoms with Crippen molar-refractivity contribution in [1.29, 1.82) is 0 Å². The molecule has 0 spiro atoms. The summed E-state index contributed by atoms with van der Waals surface area (Å²) in [6.07, 6.45) is 4.35. The summed E-state index contributed by atoms with van der Waals surface area (Å²) < 4.78 is 5.18. The Hall–Kier alpha value is -3.22. The summed E-state index contributed by atoms with van der Waals surface area (Å²) in [7, 11) is 0. The Morgan fingerprint density at radius 2 is 1.92 bits per heavy atom. The summed E-state index contributed by atoms with van der Waals surface area (Å²) in [6, 6.07) is 10.8. The molecule has 1 N–H and O–H groups in total. The van der Waals surface area contributed by atoms with Crippen molar-refractivity contribution in [2.75, 3.05) is 0 Å². The van der Waals surface area contributed by atoms with Gasteiger partial charge in [0.05, 0.1) is 5.56 Å². The molecule has 0 saturated heterocycles. The summed E-state index contributed by atoms with van der Waals surface area (Å²) in [5.74, 6) is -0.179. The topological polar surface area (TPSA) is 94.4 Å². The second-order valence-corrected chi connectivity index (χ2v) is 6.60. The number of alkyl carbamates (subject to hydrolysis) is 1. The van der Waals surface area contributed by atoms with Crippen LogP contribution in [0.3, 0.4) is 0 Å². The molecule has 0 aliphatic carbocycles. The molecule has 0 bridgehead atoms. The van der Waals surface area contributed by atoms with E-state index in [-0.39, 0.29) is 5.82 Å². The zero-order valence-electron chi connectivity index (χ0n) is 14.9. The third-order valence-corrected chi connectivity index (χ3v) is 3.26. The van der Waals surface area contributed by atoms with Crippen LogP contribution in [0.15, 0.2) is 42.6 Å². The third kappa shape index (κ3) is 6.01. The Kier molecular flexibility index (Phi) is 6.06. The van der Waals surface area contributed by atoms with Crippen LogP contribution in [-0.4, -0.2) is 21.6 Å². The van der Waals surface area contributed by atoms with E-state index in [0.717, 1.165) is 11.1 Å². The third-order valence-electron chi connectivity index (χ3n) is 3.26. The number of carbonyl (C=O) groups excluding carboxylic acids is 1. The van der Waals surface area contributed by atoms with Crippen molar-refractivity contribution in [3.05, 3.63) is 69.4 Å². The van der Waals surface area contributed by atoms with E-state index in [4.69, 9.17) is 4.74 Å². The van der Waals surface area contributed by atoms with Gasteiger partial charge in [-0.15, -0.1) is 0 Å². The van der Waals surface area contributed by atoms with Gasteiger partial charge in [-0.05, 0) is 60.0 Å².